The minimum absolute atomic E-state index is 0. The zero-order valence-electron chi connectivity index (χ0n) is 37.4. The molecule has 0 fully saturated rings. The first kappa shape index (κ1) is 43.0. The molecule has 3 heterocycles. The van der Waals surface area contributed by atoms with Crippen molar-refractivity contribution in [3.05, 3.63) is 175 Å². The van der Waals surface area contributed by atoms with Gasteiger partial charge in [-0.2, -0.15) is 6.07 Å². The van der Waals surface area contributed by atoms with E-state index in [4.69, 9.17) is 9.72 Å². The van der Waals surface area contributed by atoms with Crippen LogP contribution in [-0.4, -0.2) is 9.55 Å². The number of nitrogens with zero attached hydrogens (tertiary/aromatic N) is 4. The van der Waals surface area contributed by atoms with Gasteiger partial charge >= 0.3 is 0 Å². The van der Waals surface area contributed by atoms with Crippen molar-refractivity contribution in [2.24, 2.45) is 0 Å². The molecular formula is C56H55N4OPt-3. The Morgan fingerprint density at radius 2 is 1.24 bits per heavy atom. The predicted molar refractivity (Wildman–Crippen MR) is 255 cm³/mol. The van der Waals surface area contributed by atoms with Crippen molar-refractivity contribution < 1.29 is 25.8 Å². The molecule has 318 valence electrons. The number of hydrogen-bond acceptors (Lipinski definition) is 4. The quantitative estimate of drug-likeness (QED) is 0.142. The fourth-order valence-corrected chi connectivity index (χ4v) is 8.85. The summed E-state index contributed by atoms with van der Waals surface area (Å²) in [5.41, 5.74) is 13.6. The maximum Gasteiger partial charge on any atom is 0.135 e. The van der Waals surface area contributed by atoms with Gasteiger partial charge in [0.25, 0.3) is 0 Å². The van der Waals surface area contributed by atoms with Crippen LogP contribution >= 0.6 is 0 Å². The number of fused-ring (bicyclic) bond motifs is 4. The minimum atomic E-state index is -0.0532. The van der Waals surface area contributed by atoms with E-state index >= 15 is 0 Å². The molecule has 0 N–H and O–H groups in total. The average molecular weight is 995 g/mol. The Labute approximate surface area is 382 Å². The van der Waals surface area contributed by atoms with Crippen molar-refractivity contribution in [3.63, 3.8) is 0 Å². The van der Waals surface area contributed by atoms with Gasteiger partial charge in [-0.1, -0.05) is 141 Å². The van der Waals surface area contributed by atoms with E-state index in [1.54, 1.807) is 0 Å². The van der Waals surface area contributed by atoms with Crippen LogP contribution in [0.1, 0.15) is 103 Å². The second-order valence-corrected chi connectivity index (χ2v) is 19.0. The van der Waals surface area contributed by atoms with E-state index in [-0.39, 0.29) is 31.9 Å². The standard InChI is InChI=1S/C56H55N4O.Pt/c1-36(2)43-19-17-20-44(37(3)4)54(43)38-30-40(58-35-59(51-25-16-15-24-50(51)58)49-23-14-12-21-47(49)56(8,9)10)33-42(31-38)61-41-26-27-46-45-18-11-13-22-48(45)60(52(46)34-41)53-32-39(28-29-57-53)55(5,6)7;/h11-32,35-37H,1-10H3;/q-3;. The van der Waals surface area contributed by atoms with E-state index in [0.717, 1.165) is 55.9 Å². The average Bonchev–Trinajstić information content (AvgIpc) is 3.79. The van der Waals surface area contributed by atoms with Crippen molar-refractivity contribution in [2.45, 2.75) is 91.9 Å². The predicted octanol–water partition coefficient (Wildman–Crippen LogP) is 15.5. The molecule has 0 atom stereocenters. The first-order valence-corrected chi connectivity index (χ1v) is 21.6. The zero-order valence-corrected chi connectivity index (χ0v) is 39.7. The topological polar surface area (TPSA) is 33.5 Å². The van der Waals surface area contributed by atoms with Gasteiger partial charge in [-0.3, -0.25) is 0 Å². The third-order valence-electron chi connectivity index (χ3n) is 12.0. The van der Waals surface area contributed by atoms with Gasteiger partial charge in [-0.25, -0.2) is 4.98 Å². The van der Waals surface area contributed by atoms with Crippen LogP contribution in [0.25, 0.3) is 38.8 Å². The molecule has 6 aromatic carbocycles. The number of rotatable bonds is 8. The van der Waals surface area contributed by atoms with Gasteiger partial charge in [0.15, 0.2) is 0 Å². The molecule has 2 aromatic heterocycles. The summed E-state index contributed by atoms with van der Waals surface area (Å²) in [5, 5.41) is 2.24. The summed E-state index contributed by atoms with van der Waals surface area (Å²) >= 11 is 0. The van der Waals surface area contributed by atoms with Gasteiger partial charge in [-0.15, -0.1) is 53.6 Å². The van der Waals surface area contributed by atoms with E-state index in [0.29, 0.717) is 23.3 Å². The van der Waals surface area contributed by atoms with Gasteiger partial charge in [0.1, 0.15) is 5.82 Å². The van der Waals surface area contributed by atoms with E-state index in [9.17, 15) is 0 Å². The fourth-order valence-electron chi connectivity index (χ4n) is 8.85. The first-order valence-electron chi connectivity index (χ1n) is 21.6. The third kappa shape index (κ3) is 7.86. The molecule has 0 saturated heterocycles. The maximum absolute atomic E-state index is 6.98. The molecule has 0 saturated carbocycles. The van der Waals surface area contributed by atoms with Crippen LogP contribution in [0.2, 0.25) is 0 Å². The van der Waals surface area contributed by atoms with Crippen molar-refractivity contribution in [2.75, 3.05) is 9.80 Å². The monoisotopic (exact) mass is 994 g/mol. The van der Waals surface area contributed by atoms with Gasteiger partial charge in [-0.05, 0) is 92.3 Å². The summed E-state index contributed by atoms with van der Waals surface area (Å²) in [6.45, 7) is 24.9. The fraction of sp³-hybridized carbons (Fsp3) is 0.250. The molecule has 0 amide bonds. The number of ether oxygens (including phenoxy) is 1. The molecule has 0 bridgehead atoms. The van der Waals surface area contributed by atoms with E-state index in [1.165, 1.54) is 27.8 Å². The molecule has 0 radical (unpaired) electrons. The molecule has 6 heteroatoms. The smallest absolute Gasteiger partial charge is 0.135 e. The van der Waals surface area contributed by atoms with Crippen molar-refractivity contribution in [3.8, 4) is 28.4 Å². The van der Waals surface area contributed by atoms with Crippen molar-refractivity contribution in [1.29, 1.82) is 0 Å². The summed E-state index contributed by atoms with van der Waals surface area (Å²) in [6, 6.07) is 53.0. The Balaban J connectivity index is 0.00000529. The Bertz CT molecular complexity index is 2900. The van der Waals surface area contributed by atoms with Crippen LogP contribution in [0.4, 0.5) is 22.7 Å². The molecule has 5 nitrogen and oxygen atoms in total. The van der Waals surface area contributed by atoms with Crippen molar-refractivity contribution >= 4 is 44.6 Å². The number of hydrogen-bond donors (Lipinski definition) is 0. The van der Waals surface area contributed by atoms with E-state index in [1.807, 2.05) is 12.3 Å². The summed E-state index contributed by atoms with van der Waals surface area (Å²) in [7, 11) is 0. The Morgan fingerprint density at radius 3 is 1.92 bits per heavy atom. The molecule has 9 rings (SSSR count). The van der Waals surface area contributed by atoms with Gasteiger partial charge in [0, 0.05) is 61.3 Å². The van der Waals surface area contributed by atoms with Crippen LogP contribution in [0.5, 0.6) is 11.5 Å². The molecule has 62 heavy (non-hydrogen) atoms. The van der Waals surface area contributed by atoms with Crippen molar-refractivity contribution in [1.82, 2.24) is 9.55 Å². The number of aromatic nitrogens is 2. The molecule has 1 aliphatic heterocycles. The first-order chi connectivity index (χ1) is 29.2. The largest absolute Gasteiger partial charge is 0.509 e. The van der Waals surface area contributed by atoms with Crippen LogP contribution in [0.3, 0.4) is 0 Å². The van der Waals surface area contributed by atoms with Gasteiger partial charge < -0.3 is 19.1 Å². The van der Waals surface area contributed by atoms with Crippen LogP contribution in [-0.2, 0) is 31.9 Å². The number of benzene rings is 6. The summed E-state index contributed by atoms with van der Waals surface area (Å²) < 4.78 is 9.19. The van der Waals surface area contributed by atoms with Crippen LogP contribution in [0.15, 0.2) is 134 Å². The van der Waals surface area contributed by atoms with E-state index in [2.05, 4.69) is 224 Å². The molecule has 1 aliphatic rings. The molecular weight excluding hydrogens is 940 g/mol. The zero-order chi connectivity index (χ0) is 42.8. The van der Waals surface area contributed by atoms with Crippen LogP contribution in [0, 0.1) is 18.8 Å². The third-order valence-corrected chi connectivity index (χ3v) is 12.0. The summed E-state index contributed by atoms with van der Waals surface area (Å²) in [5.74, 6) is 2.71. The number of anilines is 4. The van der Waals surface area contributed by atoms with E-state index < -0.39 is 0 Å². The molecule has 0 unspecified atom stereocenters. The van der Waals surface area contributed by atoms with Crippen LogP contribution < -0.4 is 14.5 Å². The Kier molecular flexibility index (Phi) is 11.5. The number of para-hydroxylation sites is 4. The SMILES string of the molecule is CC(C)c1cccc(C(C)C)c1-c1cc(Oc2[c-]c3c(cc2)c2ccccc2n3-c2cc(C(C)(C)C)ccn2)[c-]c(N2[CH-]N(c3ccccc3C(C)(C)C)c3ccccc32)c1.[Pt]. The Hall–Kier alpha value is -5.64. The number of pyridine rings is 1. The second kappa shape index (κ2) is 16.6. The maximum atomic E-state index is 6.98. The van der Waals surface area contributed by atoms with Gasteiger partial charge in [0.2, 0.25) is 0 Å². The molecule has 0 aliphatic carbocycles. The van der Waals surface area contributed by atoms with Gasteiger partial charge in [0.05, 0.1) is 0 Å². The minimum Gasteiger partial charge on any atom is -0.509 e. The molecule has 8 aromatic rings. The Morgan fingerprint density at radius 1 is 0.597 bits per heavy atom. The molecule has 0 spiro atoms. The summed E-state index contributed by atoms with van der Waals surface area (Å²) in [4.78, 5) is 9.49. The second-order valence-electron chi connectivity index (χ2n) is 19.0. The normalized spacial score (nSPS) is 13.0. The summed E-state index contributed by atoms with van der Waals surface area (Å²) in [6.07, 6.45) is 1.91.